The average Bonchev–Trinajstić information content (AvgIpc) is 1.12. The monoisotopic (exact) mass is 326 g/mol. The Balaban J connectivity index is -0.0000000267. The van der Waals surface area contributed by atoms with E-state index in [1.165, 1.54) is 0 Å². The van der Waals surface area contributed by atoms with E-state index in [-0.39, 0.29) is 69.2 Å². The van der Waals surface area contributed by atoms with Gasteiger partial charge in [-0.15, -0.1) is 0 Å². The van der Waals surface area contributed by atoms with Crippen molar-refractivity contribution in [3.63, 3.8) is 0 Å². The first-order valence-corrected chi connectivity index (χ1v) is 8.76. The van der Waals surface area contributed by atoms with Gasteiger partial charge in [0, 0.05) is 0 Å². The van der Waals surface area contributed by atoms with E-state index < -0.39 is 11.4 Å². The maximum Gasteiger partial charge on any atom is 2.00 e. The summed E-state index contributed by atoms with van der Waals surface area (Å²) in [5.41, 5.74) is -7.44. The average molecular weight is 327 g/mol. The summed E-state index contributed by atoms with van der Waals surface area (Å²) in [5, 5.41) is 0. The first kappa shape index (κ1) is 30.3. The van der Waals surface area contributed by atoms with Gasteiger partial charge in [-0.25, -0.2) is 0 Å². The molecule has 0 aliphatic heterocycles. The summed E-state index contributed by atoms with van der Waals surface area (Å²) in [6, 6.07) is 0. The minimum absolute atomic E-state index is 0. The van der Waals surface area contributed by atoms with Crippen LogP contribution >= 0.6 is 11.4 Å². The molecule has 0 radical (unpaired) electrons. The van der Waals surface area contributed by atoms with Crippen LogP contribution in [0, 0.1) is 0 Å². The Morgan fingerprint density at radius 3 is 0.692 bits per heavy atom. The summed E-state index contributed by atoms with van der Waals surface area (Å²) in [7, 11) is 0. The Morgan fingerprint density at radius 1 is 0.692 bits per heavy atom. The summed E-state index contributed by atoms with van der Waals surface area (Å²) in [4.78, 5) is 37.2. The predicted octanol–water partition coefficient (Wildman–Crippen LogP) is -4.19. The fraction of sp³-hybridized carbons (Fsp3) is 0. The first-order valence-electron chi connectivity index (χ1n) is 1.46. The minimum atomic E-state index is -3.72. The summed E-state index contributed by atoms with van der Waals surface area (Å²) < 4.78 is 0. The third-order valence-electron chi connectivity index (χ3n) is 0. The molecule has 0 amide bonds. The molecular formula is Mg3O4P2S4. The molecule has 0 bridgehead atoms. The second-order valence-electron chi connectivity index (χ2n) is 0.894. The van der Waals surface area contributed by atoms with Crippen molar-refractivity contribution in [3.05, 3.63) is 0 Å². The van der Waals surface area contributed by atoms with Crippen LogP contribution in [0.2, 0.25) is 0 Å². The van der Waals surface area contributed by atoms with Crippen LogP contribution in [-0.2, 0) is 48.1 Å². The molecule has 0 aromatic rings. The van der Waals surface area contributed by atoms with Gasteiger partial charge in [0.05, 0.1) is 0 Å². The smallest absolute Gasteiger partial charge is 0.850 e. The predicted molar refractivity (Wildman–Crippen MR) is 60.6 cm³/mol. The molecule has 0 aliphatic carbocycles. The molecule has 0 heterocycles. The van der Waals surface area contributed by atoms with Gasteiger partial charge in [0.15, 0.2) is 0 Å². The van der Waals surface area contributed by atoms with Crippen molar-refractivity contribution in [3.8, 4) is 0 Å². The second kappa shape index (κ2) is 14.2. The zero-order valence-corrected chi connectivity index (χ0v) is 15.6. The number of hydrogen-bond acceptors (Lipinski definition) is 8. The Morgan fingerprint density at radius 2 is 0.692 bits per heavy atom. The zero-order chi connectivity index (χ0) is 9.00. The largest absolute Gasteiger partial charge is 2.00 e. The van der Waals surface area contributed by atoms with E-state index >= 15 is 0 Å². The molecular weight excluding hydrogens is 327 g/mol. The van der Waals surface area contributed by atoms with Crippen molar-refractivity contribution in [1.29, 1.82) is 0 Å². The molecule has 0 saturated carbocycles. The van der Waals surface area contributed by atoms with Crippen LogP contribution in [0.5, 0.6) is 0 Å². The van der Waals surface area contributed by atoms with Crippen LogP contribution in [0.25, 0.3) is 0 Å². The third-order valence-corrected chi connectivity index (χ3v) is 0. The van der Waals surface area contributed by atoms with Crippen molar-refractivity contribution < 1.29 is 19.6 Å². The molecule has 0 atom stereocenters. The van der Waals surface area contributed by atoms with Gasteiger partial charge < -0.3 is 55.5 Å². The molecule has 4 nitrogen and oxygen atoms in total. The van der Waals surface area contributed by atoms with Crippen LogP contribution in [0.3, 0.4) is 0 Å². The molecule has 0 unspecified atom stereocenters. The number of rotatable bonds is 0. The molecule has 0 aliphatic rings. The van der Waals surface area contributed by atoms with Crippen LogP contribution < -0.4 is 19.6 Å². The van der Waals surface area contributed by atoms with Gasteiger partial charge in [0.1, 0.15) is 0 Å². The van der Waals surface area contributed by atoms with Gasteiger partial charge in [0.25, 0.3) is 0 Å². The second-order valence-corrected chi connectivity index (χ2v) is 9.84. The van der Waals surface area contributed by atoms with Crippen LogP contribution in [0.15, 0.2) is 0 Å². The van der Waals surface area contributed by atoms with Crippen molar-refractivity contribution in [2.45, 2.75) is 0 Å². The van der Waals surface area contributed by atoms with E-state index in [2.05, 4.69) is 48.1 Å². The quantitative estimate of drug-likeness (QED) is 0.251. The molecule has 0 aromatic heterocycles. The Labute approximate surface area is 146 Å². The summed E-state index contributed by atoms with van der Waals surface area (Å²) in [6.07, 6.45) is 0. The topological polar surface area (TPSA) is 92.2 Å². The fourth-order valence-corrected chi connectivity index (χ4v) is 0. The summed E-state index contributed by atoms with van der Waals surface area (Å²) >= 11 is 14.6. The van der Waals surface area contributed by atoms with Crippen molar-refractivity contribution in [2.75, 3.05) is 0 Å². The van der Waals surface area contributed by atoms with Crippen molar-refractivity contribution in [2.24, 2.45) is 0 Å². The van der Waals surface area contributed by atoms with Gasteiger partial charge in [-0.05, 0) is 0 Å². The molecule has 13 heavy (non-hydrogen) atoms. The summed E-state index contributed by atoms with van der Waals surface area (Å²) in [6.45, 7) is 0. The van der Waals surface area contributed by atoms with Crippen LogP contribution in [-0.4, -0.2) is 69.2 Å². The Kier molecular flexibility index (Phi) is 33.1. The molecule has 64 valence electrons. The van der Waals surface area contributed by atoms with E-state index in [0.717, 1.165) is 0 Å². The normalized spacial score (nSPS) is 9.08. The molecule has 0 saturated heterocycles. The molecule has 0 spiro atoms. The van der Waals surface area contributed by atoms with Gasteiger partial charge in [-0.1, -0.05) is 0 Å². The number of hydrogen-bond donors (Lipinski definition) is 0. The van der Waals surface area contributed by atoms with Gasteiger partial charge in [-0.3, -0.25) is 0 Å². The van der Waals surface area contributed by atoms with Crippen molar-refractivity contribution in [1.82, 2.24) is 0 Å². The van der Waals surface area contributed by atoms with Gasteiger partial charge >= 0.3 is 69.2 Å². The fourth-order valence-electron chi connectivity index (χ4n) is 0. The molecule has 0 aromatic carbocycles. The first-order chi connectivity index (χ1) is 4.00. The zero-order valence-electron chi connectivity index (χ0n) is 6.28. The van der Waals surface area contributed by atoms with Crippen LogP contribution in [0.4, 0.5) is 0 Å². The summed E-state index contributed by atoms with van der Waals surface area (Å²) in [5.74, 6) is 0. The van der Waals surface area contributed by atoms with E-state index in [1.54, 1.807) is 0 Å². The van der Waals surface area contributed by atoms with Crippen LogP contribution in [0.1, 0.15) is 0 Å². The maximum atomic E-state index is 9.29. The van der Waals surface area contributed by atoms with Crippen molar-refractivity contribution >= 4 is 129 Å². The standard InChI is InChI=1S/3Mg.2H3O2PS2/c;;;2*1-3(2,4)5/h;;;2*(H3,1,2,4,5)/q3*+2;;/p-6. The minimum Gasteiger partial charge on any atom is -0.850 e. The Bertz CT molecular complexity index is 138. The van der Waals surface area contributed by atoms with E-state index in [1.807, 2.05) is 0 Å². The van der Waals surface area contributed by atoms with E-state index in [9.17, 15) is 19.6 Å². The third kappa shape index (κ3) is 188. The maximum absolute atomic E-state index is 9.29. The molecule has 13 heteroatoms. The molecule has 0 rings (SSSR count). The molecule has 0 fully saturated rings. The van der Waals surface area contributed by atoms with E-state index in [0.29, 0.717) is 0 Å². The molecule has 0 N–H and O–H groups in total. The van der Waals surface area contributed by atoms with Gasteiger partial charge in [-0.2, -0.15) is 23.6 Å². The van der Waals surface area contributed by atoms with Gasteiger partial charge in [0.2, 0.25) is 0 Å². The van der Waals surface area contributed by atoms with E-state index in [4.69, 9.17) is 0 Å². The Hall–Kier alpha value is 4.14. The SMILES string of the molecule is [Mg+2].[Mg+2].[Mg+2].[O-]P([O-])(=S)[S-].[O-]P([O-])(=S)[S-].